The molecule has 0 aromatic heterocycles. The summed E-state index contributed by atoms with van der Waals surface area (Å²) in [6, 6.07) is -5.81. The minimum absolute atomic E-state index is 0.0713. The monoisotopic (exact) mass is 517 g/mol. The van der Waals surface area contributed by atoms with E-state index in [9.17, 15) is 39.0 Å². The van der Waals surface area contributed by atoms with Crippen LogP contribution < -0.4 is 44.6 Å². The van der Waals surface area contributed by atoms with Crippen molar-refractivity contribution in [3.63, 3.8) is 0 Å². The predicted molar refractivity (Wildman–Crippen MR) is 125 cm³/mol. The summed E-state index contributed by atoms with van der Waals surface area (Å²) in [4.78, 5) is 75.0. The summed E-state index contributed by atoms with van der Waals surface area (Å²) < 4.78 is 0. The Morgan fingerprint density at radius 2 is 1.42 bits per heavy atom. The molecule has 0 aliphatic heterocycles. The highest BCUT2D eigenvalue weighted by Gasteiger charge is 2.32. The molecule has 0 saturated carbocycles. The van der Waals surface area contributed by atoms with Crippen molar-refractivity contribution in [2.24, 2.45) is 33.7 Å². The quantitative estimate of drug-likeness (QED) is 0.0492. The number of carboxylic acid groups (broad SMARTS) is 1. The van der Waals surface area contributed by atoms with Crippen molar-refractivity contribution in [3.05, 3.63) is 0 Å². The molecule has 0 spiro atoms. The number of rotatable bonds is 17. The summed E-state index contributed by atoms with van der Waals surface area (Å²) in [7, 11) is 0. The van der Waals surface area contributed by atoms with Gasteiger partial charge in [0, 0.05) is 13.0 Å². The largest absolute Gasteiger partial charge is 0.480 e. The highest BCUT2D eigenvalue weighted by atomic mass is 16.4. The van der Waals surface area contributed by atoms with Gasteiger partial charge in [-0.1, -0.05) is 0 Å². The lowest BCUT2D eigenvalue weighted by atomic mass is 10.1. The molecule has 0 radical (unpaired) electrons. The van der Waals surface area contributed by atoms with Gasteiger partial charge in [0.25, 0.3) is 0 Å². The number of aliphatic carboxylic acids is 1. The van der Waals surface area contributed by atoms with Crippen LogP contribution in [-0.2, 0) is 28.8 Å². The van der Waals surface area contributed by atoms with E-state index in [1.54, 1.807) is 0 Å². The van der Waals surface area contributed by atoms with Gasteiger partial charge >= 0.3 is 5.97 Å². The average molecular weight is 518 g/mol. The molecule has 0 fully saturated rings. The van der Waals surface area contributed by atoms with E-state index in [1.807, 2.05) is 0 Å². The van der Waals surface area contributed by atoms with Crippen molar-refractivity contribution in [3.8, 4) is 0 Å². The van der Waals surface area contributed by atoms with Crippen LogP contribution in [0.1, 0.15) is 39.0 Å². The van der Waals surface area contributed by atoms with Gasteiger partial charge in [-0.2, -0.15) is 0 Å². The van der Waals surface area contributed by atoms with E-state index in [-0.39, 0.29) is 38.2 Å². The molecule has 15 N–H and O–H groups in total. The minimum atomic E-state index is -1.59. The Bertz CT molecular complexity index is 845. The number of primary amides is 2. The molecular weight excluding hydrogens is 482 g/mol. The third-order valence-electron chi connectivity index (χ3n) is 4.69. The van der Waals surface area contributed by atoms with Crippen LogP contribution >= 0.6 is 0 Å². The maximum atomic E-state index is 12.8. The standard InChI is InChI=1S/C19H35N9O8/c1-8(29)14(28-15(32)9(20)7-13(22)31)17(34)26-10(3-2-6-25-19(23)24)16(33)27-11(18(35)36)4-5-12(21)30/h8-11,14,29H,2-7,20H2,1H3,(H2,21,30)(H2,22,31)(H,26,34)(H,27,33)(H,28,32)(H,35,36)(H4,23,24,25). The molecule has 5 unspecified atom stereocenters. The minimum Gasteiger partial charge on any atom is -0.480 e. The second kappa shape index (κ2) is 15.8. The topological polar surface area (TPSA) is 321 Å². The molecule has 0 aliphatic rings. The Morgan fingerprint density at radius 3 is 1.89 bits per heavy atom. The fourth-order valence-electron chi connectivity index (χ4n) is 2.83. The summed E-state index contributed by atoms with van der Waals surface area (Å²) in [6.45, 7) is 1.26. The van der Waals surface area contributed by atoms with E-state index in [0.29, 0.717) is 0 Å². The third-order valence-corrected chi connectivity index (χ3v) is 4.69. The van der Waals surface area contributed by atoms with Crippen LogP contribution in [0.3, 0.4) is 0 Å². The number of nitrogens with two attached hydrogens (primary N) is 5. The molecule has 0 aromatic rings. The first-order chi connectivity index (χ1) is 16.6. The lowest BCUT2D eigenvalue weighted by Crippen LogP contribution is -2.60. The molecule has 5 amide bonds. The normalized spacial score (nSPS) is 14.8. The fourth-order valence-corrected chi connectivity index (χ4v) is 2.83. The van der Waals surface area contributed by atoms with Crippen molar-refractivity contribution in [1.29, 1.82) is 0 Å². The highest BCUT2D eigenvalue weighted by Crippen LogP contribution is 2.05. The van der Waals surface area contributed by atoms with Crippen LogP contribution in [0.5, 0.6) is 0 Å². The van der Waals surface area contributed by atoms with Crippen LogP contribution in [0.25, 0.3) is 0 Å². The summed E-state index contributed by atoms with van der Waals surface area (Å²) in [5.41, 5.74) is 26.1. The van der Waals surface area contributed by atoms with Gasteiger partial charge < -0.3 is 54.8 Å². The molecule has 17 heteroatoms. The molecular formula is C19H35N9O8. The molecule has 0 rings (SSSR count). The van der Waals surface area contributed by atoms with Gasteiger partial charge in [0.2, 0.25) is 29.5 Å². The number of carbonyl (C=O) groups is 6. The van der Waals surface area contributed by atoms with E-state index in [0.717, 1.165) is 0 Å². The van der Waals surface area contributed by atoms with Crippen LogP contribution in [0.15, 0.2) is 4.99 Å². The van der Waals surface area contributed by atoms with Crippen LogP contribution in [0.2, 0.25) is 0 Å². The smallest absolute Gasteiger partial charge is 0.326 e. The highest BCUT2D eigenvalue weighted by molar-refractivity contribution is 5.95. The maximum Gasteiger partial charge on any atom is 0.326 e. The van der Waals surface area contributed by atoms with E-state index in [4.69, 9.17) is 28.7 Å². The molecule has 17 nitrogen and oxygen atoms in total. The van der Waals surface area contributed by atoms with E-state index in [2.05, 4.69) is 20.9 Å². The van der Waals surface area contributed by atoms with Gasteiger partial charge in [0.1, 0.15) is 18.1 Å². The molecule has 0 heterocycles. The zero-order chi connectivity index (χ0) is 28.0. The third kappa shape index (κ3) is 13.0. The van der Waals surface area contributed by atoms with E-state index in [1.165, 1.54) is 6.92 Å². The molecule has 5 atom stereocenters. The fraction of sp³-hybridized carbons (Fsp3) is 0.632. The molecule has 0 aromatic carbocycles. The second-order valence-corrected chi connectivity index (χ2v) is 7.92. The van der Waals surface area contributed by atoms with Crippen LogP contribution in [-0.4, -0.2) is 88.5 Å². The first kappa shape index (κ1) is 32.0. The summed E-state index contributed by atoms with van der Waals surface area (Å²) in [5, 5.41) is 26.0. The van der Waals surface area contributed by atoms with Crippen molar-refractivity contribution in [1.82, 2.24) is 16.0 Å². The van der Waals surface area contributed by atoms with Gasteiger partial charge in [-0.05, 0) is 26.2 Å². The predicted octanol–water partition coefficient (Wildman–Crippen LogP) is -5.57. The number of aliphatic hydroxyl groups excluding tert-OH is 1. The summed E-state index contributed by atoms with van der Waals surface area (Å²) in [5.74, 6) is -6.17. The van der Waals surface area contributed by atoms with E-state index < -0.39 is 72.2 Å². The van der Waals surface area contributed by atoms with Crippen molar-refractivity contribution in [2.45, 2.75) is 69.3 Å². The number of carbonyl (C=O) groups excluding carboxylic acids is 5. The lowest BCUT2D eigenvalue weighted by molar-refractivity contribution is -0.142. The molecule has 0 aliphatic carbocycles. The summed E-state index contributed by atoms with van der Waals surface area (Å²) >= 11 is 0. The molecule has 204 valence electrons. The molecule has 0 saturated heterocycles. The first-order valence-electron chi connectivity index (χ1n) is 10.8. The van der Waals surface area contributed by atoms with Crippen LogP contribution in [0.4, 0.5) is 0 Å². The van der Waals surface area contributed by atoms with Gasteiger partial charge in [-0.3, -0.25) is 29.0 Å². The number of carboxylic acids is 1. The molecule has 0 bridgehead atoms. The number of guanidine groups is 1. The number of nitrogens with one attached hydrogen (secondary N) is 3. The van der Waals surface area contributed by atoms with Crippen LogP contribution in [0, 0.1) is 0 Å². The summed E-state index contributed by atoms with van der Waals surface area (Å²) in [6.07, 6.45) is -2.49. The number of hydrogen-bond acceptors (Lipinski definition) is 9. The van der Waals surface area contributed by atoms with Crippen molar-refractivity contribution < 1.29 is 39.0 Å². The van der Waals surface area contributed by atoms with Gasteiger partial charge in [0.05, 0.1) is 18.6 Å². The van der Waals surface area contributed by atoms with Crippen molar-refractivity contribution in [2.75, 3.05) is 6.54 Å². The number of amides is 5. The van der Waals surface area contributed by atoms with Gasteiger partial charge in [0.15, 0.2) is 5.96 Å². The number of nitrogens with zero attached hydrogens (tertiary/aromatic N) is 1. The number of hydrogen-bond donors (Lipinski definition) is 10. The number of aliphatic imine (C=N–C) groups is 1. The van der Waals surface area contributed by atoms with Gasteiger partial charge in [-0.25, -0.2) is 4.79 Å². The Hall–Kier alpha value is -3.99. The first-order valence-corrected chi connectivity index (χ1v) is 10.8. The van der Waals surface area contributed by atoms with E-state index >= 15 is 0 Å². The lowest BCUT2D eigenvalue weighted by Gasteiger charge is -2.26. The Kier molecular flexibility index (Phi) is 14.1. The zero-order valence-corrected chi connectivity index (χ0v) is 19.8. The SMILES string of the molecule is CC(O)C(NC(=O)C(N)CC(N)=O)C(=O)NC(CCCN=C(N)N)C(=O)NC(CCC(N)=O)C(=O)O. The zero-order valence-electron chi connectivity index (χ0n) is 19.8. The average Bonchev–Trinajstić information content (AvgIpc) is 2.75. The Labute approximate surface area is 206 Å². The number of aliphatic hydroxyl groups is 1. The maximum absolute atomic E-state index is 12.8. The Balaban J connectivity index is 5.60. The Morgan fingerprint density at radius 1 is 0.833 bits per heavy atom. The second-order valence-electron chi connectivity index (χ2n) is 7.92. The molecule has 36 heavy (non-hydrogen) atoms. The van der Waals surface area contributed by atoms with Crippen molar-refractivity contribution >= 4 is 41.5 Å². The van der Waals surface area contributed by atoms with Gasteiger partial charge in [-0.15, -0.1) is 0 Å².